The lowest BCUT2D eigenvalue weighted by atomic mass is 9.89. The number of amides is 5. The molecule has 0 radical (unpaired) electrons. The van der Waals surface area contributed by atoms with E-state index in [1.807, 2.05) is 13.8 Å². The first-order valence-electron chi connectivity index (χ1n) is 12.3. The Hall–Kier alpha value is -3.95. The van der Waals surface area contributed by atoms with E-state index in [2.05, 4.69) is 10.6 Å². The molecule has 2 heterocycles. The van der Waals surface area contributed by atoms with E-state index < -0.39 is 29.7 Å². The summed E-state index contributed by atoms with van der Waals surface area (Å²) in [6.07, 6.45) is 1.30. The molecule has 2 aliphatic heterocycles. The molecule has 2 N–H and O–H groups in total. The van der Waals surface area contributed by atoms with Crippen LogP contribution < -0.4 is 10.6 Å². The van der Waals surface area contributed by atoms with E-state index in [1.165, 1.54) is 19.2 Å². The number of rotatable bonds is 4. The maximum atomic E-state index is 13.6. The molecule has 1 unspecified atom stereocenters. The number of carbonyl (C=O) groups is 4. The molecule has 2 aromatic rings. The van der Waals surface area contributed by atoms with Crippen LogP contribution in [0.15, 0.2) is 42.5 Å². The number of imide groups is 1. The smallest absolute Gasteiger partial charge is 0.418 e. The SMILES string of the molecule is CNC(=O)Nc1ccc2c(c1)CCC21OC(=O)N(CC(=O)N2[C@@H](C)CC[C@]2(C)c2ccc(F)cc2)C1=O. The van der Waals surface area contributed by atoms with Crippen molar-refractivity contribution in [2.24, 2.45) is 0 Å². The van der Waals surface area contributed by atoms with Gasteiger partial charge in [-0.3, -0.25) is 9.59 Å². The summed E-state index contributed by atoms with van der Waals surface area (Å²) in [6, 6.07) is 10.7. The van der Waals surface area contributed by atoms with Crippen LogP contribution in [0.2, 0.25) is 0 Å². The number of likely N-dealkylation sites (tertiary alicyclic amines) is 1. The van der Waals surface area contributed by atoms with Gasteiger partial charge in [0, 0.05) is 30.8 Å². The van der Waals surface area contributed by atoms with Gasteiger partial charge in [-0.2, -0.15) is 0 Å². The number of anilines is 1. The third-order valence-corrected chi connectivity index (χ3v) is 7.89. The lowest BCUT2D eigenvalue weighted by molar-refractivity contribution is -0.144. The first-order chi connectivity index (χ1) is 17.6. The van der Waals surface area contributed by atoms with E-state index in [0.717, 1.165) is 22.4 Å². The quantitative estimate of drug-likeness (QED) is 0.656. The summed E-state index contributed by atoms with van der Waals surface area (Å²) < 4.78 is 19.2. The summed E-state index contributed by atoms with van der Waals surface area (Å²) in [4.78, 5) is 54.3. The Morgan fingerprint density at radius 2 is 1.86 bits per heavy atom. The minimum atomic E-state index is -1.48. The minimum absolute atomic E-state index is 0.122. The number of benzene rings is 2. The third kappa shape index (κ3) is 3.91. The molecule has 0 saturated carbocycles. The predicted molar refractivity (Wildman–Crippen MR) is 132 cm³/mol. The Labute approximate surface area is 213 Å². The zero-order chi connectivity index (χ0) is 26.5. The van der Waals surface area contributed by atoms with Crippen LogP contribution in [0.5, 0.6) is 0 Å². The first-order valence-corrected chi connectivity index (χ1v) is 12.3. The number of urea groups is 1. The van der Waals surface area contributed by atoms with Crippen LogP contribution in [0.25, 0.3) is 0 Å². The van der Waals surface area contributed by atoms with E-state index in [4.69, 9.17) is 4.74 Å². The van der Waals surface area contributed by atoms with Crippen LogP contribution in [0, 0.1) is 5.82 Å². The highest BCUT2D eigenvalue weighted by atomic mass is 19.1. The number of ether oxygens (including phenoxy) is 1. The number of nitrogens with zero attached hydrogens (tertiary/aromatic N) is 2. The summed E-state index contributed by atoms with van der Waals surface area (Å²) in [5.41, 5.74) is 0.540. The standard InChI is InChI=1S/C27H29FN4O5/c1-16-10-12-26(2,18-4-6-19(28)7-5-18)32(16)22(33)15-31-23(34)27(37-25(31)36)13-11-17-14-20(8-9-21(17)27)30-24(35)29-3/h4-9,14,16H,10-13,15H2,1-3H3,(H2,29,30,35)/t16-,26+,27?/m0/s1. The molecule has 9 nitrogen and oxygen atoms in total. The molecular formula is C27H29FN4O5. The molecule has 10 heteroatoms. The molecule has 37 heavy (non-hydrogen) atoms. The van der Waals surface area contributed by atoms with E-state index in [-0.39, 0.29) is 30.2 Å². The number of hydrogen-bond acceptors (Lipinski definition) is 5. The molecule has 2 fully saturated rings. The minimum Gasteiger partial charge on any atom is -0.427 e. The van der Waals surface area contributed by atoms with Gasteiger partial charge in [-0.25, -0.2) is 18.9 Å². The van der Waals surface area contributed by atoms with Crippen LogP contribution in [0.1, 0.15) is 49.8 Å². The van der Waals surface area contributed by atoms with Crippen LogP contribution in [-0.2, 0) is 31.9 Å². The van der Waals surface area contributed by atoms with Crippen molar-refractivity contribution < 1.29 is 28.3 Å². The monoisotopic (exact) mass is 508 g/mol. The Morgan fingerprint density at radius 3 is 2.57 bits per heavy atom. The highest BCUT2D eigenvalue weighted by molar-refractivity contribution is 6.06. The lowest BCUT2D eigenvalue weighted by Gasteiger charge is -2.39. The van der Waals surface area contributed by atoms with Gasteiger partial charge in [0.25, 0.3) is 5.91 Å². The summed E-state index contributed by atoms with van der Waals surface area (Å²) in [6.45, 7) is 3.41. The molecular weight excluding hydrogens is 479 g/mol. The van der Waals surface area contributed by atoms with E-state index in [1.54, 1.807) is 35.2 Å². The van der Waals surface area contributed by atoms with Crippen molar-refractivity contribution >= 4 is 29.6 Å². The Bertz CT molecular complexity index is 1300. The molecule has 2 saturated heterocycles. The van der Waals surface area contributed by atoms with Gasteiger partial charge in [-0.1, -0.05) is 18.2 Å². The molecule has 1 aliphatic carbocycles. The molecule has 5 amide bonds. The van der Waals surface area contributed by atoms with Crippen molar-refractivity contribution in [1.82, 2.24) is 15.1 Å². The largest absolute Gasteiger partial charge is 0.427 e. The number of aryl methyl sites for hydroxylation is 1. The zero-order valence-electron chi connectivity index (χ0n) is 21.0. The molecule has 2 aromatic carbocycles. The van der Waals surface area contributed by atoms with Gasteiger partial charge in [0.15, 0.2) is 0 Å². The van der Waals surface area contributed by atoms with Crippen LogP contribution >= 0.6 is 0 Å². The van der Waals surface area contributed by atoms with Gasteiger partial charge in [0.05, 0.1) is 5.54 Å². The molecule has 0 bridgehead atoms. The maximum absolute atomic E-state index is 13.6. The highest BCUT2D eigenvalue weighted by Crippen LogP contribution is 2.47. The second kappa shape index (κ2) is 8.86. The topological polar surface area (TPSA) is 108 Å². The van der Waals surface area contributed by atoms with Gasteiger partial charge in [-0.05, 0) is 68.5 Å². The van der Waals surface area contributed by atoms with Crippen LogP contribution in [0.3, 0.4) is 0 Å². The van der Waals surface area contributed by atoms with Crippen molar-refractivity contribution in [3.05, 3.63) is 65.0 Å². The highest BCUT2D eigenvalue weighted by Gasteiger charge is 2.59. The van der Waals surface area contributed by atoms with Crippen LogP contribution in [0.4, 0.5) is 19.7 Å². The zero-order valence-corrected chi connectivity index (χ0v) is 21.0. The van der Waals surface area contributed by atoms with Gasteiger partial charge in [0.2, 0.25) is 11.5 Å². The fourth-order valence-corrected chi connectivity index (χ4v) is 5.98. The summed E-state index contributed by atoms with van der Waals surface area (Å²) in [5.74, 6) is -1.30. The average Bonchev–Trinajstić information content (AvgIpc) is 3.47. The van der Waals surface area contributed by atoms with Gasteiger partial charge in [-0.15, -0.1) is 0 Å². The Balaban J connectivity index is 1.38. The maximum Gasteiger partial charge on any atom is 0.418 e. The normalized spacial score (nSPS) is 26.4. The Morgan fingerprint density at radius 1 is 1.14 bits per heavy atom. The summed E-state index contributed by atoms with van der Waals surface area (Å²) in [5, 5.41) is 5.17. The molecule has 1 spiro atoms. The van der Waals surface area contributed by atoms with E-state index in [0.29, 0.717) is 24.1 Å². The number of fused-ring (bicyclic) bond motifs is 2. The third-order valence-electron chi connectivity index (χ3n) is 7.89. The summed E-state index contributed by atoms with van der Waals surface area (Å²) in [7, 11) is 1.51. The first kappa shape index (κ1) is 24.7. The van der Waals surface area contributed by atoms with Gasteiger partial charge in [0.1, 0.15) is 12.4 Å². The number of nitrogens with one attached hydrogen (secondary N) is 2. The van der Waals surface area contributed by atoms with Crippen molar-refractivity contribution in [2.45, 2.75) is 56.7 Å². The van der Waals surface area contributed by atoms with Gasteiger partial charge >= 0.3 is 12.1 Å². The van der Waals surface area contributed by atoms with Crippen LogP contribution in [-0.4, -0.2) is 53.4 Å². The number of halogens is 1. The van der Waals surface area contributed by atoms with Crippen molar-refractivity contribution in [1.29, 1.82) is 0 Å². The molecule has 3 aliphatic rings. The van der Waals surface area contributed by atoms with E-state index in [9.17, 15) is 23.6 Å². The molecule has 194 valence electrons. The molecule has 5 rings (SSSR count). The van der Waals surface area contributed by atoms with Gasteiger partial charge < -0.3 is 20.3 Å². The second-order valence-corrected chi connectivity index (χ2v) is 10.1. The predicted octanol–water partition coefficient (Wildman–Crippen LogP) is 3.62. The number of hydrogen-bond donors (Lipinski definition) is 2. The fourth-order valence-electron chi connectivity index (χ4n) is 5.98. The van der Waals surface area contributed by atoms with Crippen molar-refractivity contribution in [2.75, 3.05) is 18.9 Å². The van der Waals surface area contributed by atoms with E-state index >= 15 is 0 Å². The summed E-state index contributed by atoms with van der Waals surface area (Å²) >= 11 is 0. The molecule has 3 atom stereocenters. The lowest BCUT2D eigenvalue weighted by Crippen LogP contribution is -2.51. The van der Waals surface area contributed by atoms with Crippen molar-refractivity contribution in [3.63, 3.8) is 0 Å². The number of carbonyl (C=O) groups excluding carboxylic acids is 4. The average molecular weight is 509 g/mol. The Kier molecular flexibility index (Phi) is 5.92. The fraction of sp³-hybridized carbons (Fsp3) is 0.407. The van der Waals surface area contributed by atoms with Crippen molar-refractivity contribution in [3.8, 4) is 0 Å². The molecule has 0 aromatic heterocycles. The second-order valence-electron chi connectivity index (χ2n) is 10.1.